The van der Waals surface area contributed by atoms with Crippen LogP contribution >= 0.6 is 11.3 Å². The van der Waals surface area contributed by atoms with Gasteiger partial charge in [-0.3, -0.25) is 9.59 Å². The summed E-state index contributed by atoms with van der Waals surface area (Å²) in [6.07, 6.45) is 1.82. The number of thiophene rings is 1. The highest BCUT2D eigenvalue weighted by Gasteiger charge is 2.35. The van der Waals surface area contributed by atoms with Gasteiger partial charge in [0.15, 0.2) is 0 Å². The van der Waals surface area contributed by atoms with E-state index in [9.17, 15) is 9.59 Å². The Morgan fingerprint density at radius 3 is 2.76 bits per heavy atom. The minimum atomic E-state index is -0.406. The Labute approximate surface area is 150 Å². The van der Waals surface area contributed by atoms with Crippen LogP contribution in [0.2, 0.25) is 0 Å². The molecule has 1 aliphatic heterocycles. The van der Waals surface area contributed by atoms with Crippen molar-refractivity contribution in [2.45, 2.75) is 13.3 Å². The van der Waals surface area contributed by atoms with Crippen molar-refractivity contribution in [3.05, 3.63) is 46.2 Å². The predicted octanol–water partition coefficient (Wildman–Crippen LogP) is 2.57. The SMILES string of the molecule is COc1ccc(N2C[C@H](C(=O)N/N=C/c3sccc3C)CC2=O)cc1. The number of aryl methyl sites for hydroxylation is 1. The molecule has 25 heavy (non-hydrogen) atoms. The molecule has 1 atom stereocenters. The smallest absolute Gasteiger partial charge is 0.245 e. The lowest BCUT2D eigenvalue weighted by atomic mass is 10.1. The fraction of sp³-hybridized carbons (Fsp3) is 0.278. The molecule has 1 aliphatic rings. The van der Waals surface area contributed by atoms with E-state index in [0.29, 0.717) is 6.54 Å². The van der Waals surface area contributed by atoms with Crippen LogP contribution in [0.5, 0.6) is 5.75 Å². The first-order valence-electron chi connectivity index (χ1n) is 7.90. The van der Waals surface area contributed by atoms with Crippen molar-refractivity contribution in [3.63, 3.8) is 0 Å². The van der Waals surface area contributed by atoms with Crippen LogP contribution in [0.15, 0.2) is 40.8 Å². The third kappa shape index (κ3) is 3.88. The average molecular weight is 357 g/mol. The summed E-state index contributed by atoms with van der Waals surface area (Å²) < 4.78 is 5.12. The number of hydrogen-bond acceptors (Lipinski definition) is 5. The van der Waals surface area contributed by atoms with Gasteiger partial charge in [0.05, 0.1) is 19.2 Å². The summed E-state index contributed by atoms with van der Waals surface area (Å²) in [5.41, 5.74) is 4.42. The second kappa shape index (κ2) is 7.48. The van der Waals surface area contributed by atoms with Gasteiger partial charge >= 0.3 is 0 Å². The van der Waals surface area contributed by atoms with Gasteiger partial charge in [-0.25, -0.2) is 5.43 Å². The first-order valence-corrected chi connectivity index (χ1v) is 8.78. The van der Waals surface area contributed by atoms with Crippen LogP contribution < -0.4 is 15.1 Å². The maximum absolute atomic E-state index is 12.3. The molecule has 6 nitrogen and oxygen atoms in total. The molecule has 1 N–H and O–H groups in total. The van der Waals surface area contributed by atoms with E-state index in [1.165, 1.54) is 0 Å². The highest BCUT2D eigenvalue weighted by atomic mass is 32.1. The fourth-order valence-electron chi connectivity index (χ4n) is 2.66. The number of anilines is 1. The van der Waals surface area contributed by atoms with Gasteiger partial charge in [0, 0.05) is 23.5 Å². The second-order valence-corrected chi connectivity index (χ2v) is 6.75. The van der Waals surface area contributed by atoms with Crippen LogP contribution in [0.3, 0.4) is 0 Å². The van der Waals surface area contributed by atoms with Crippen molar-refractivity contribution in [2.75, 3.05) is 18.6 Å². The minimum absolute atomic E-state index is 0.0663. The summed E-state index contributed by atoms with van der Waals surface area (Å²) in [6.45, 7) is 2.34. The number of nitrogens with one attached hydrogen (secondary N) is 1. The Morgan fingerprint density at radius 2 is 2.12 bits per heavy atom. The van der Waals surface area contributed by atoms with E-state index in [0.717, 1.165) is 21.9 Å². The van der Waals surface area contributed by atoms with E-state index in [2.05, 4.69) is 10.5 Å². The van der Waals surface area contributed by atoms with Crippen molar-refractivity contribution in [2.24, 2.45) is 11.0 Å². The Hall–Kier alpha value is -2.67. The Morgan fingerprint density at radius 1 is 1.36 bits per heavy atom. The van der Waals surface area contributed by atoms with Crippen LogP contribution in [-0.2, 0) is 9.59 Å². The van der Waals surface area contributed by atoms with Crippen LogP contribution in [-0.4, -0.2) is 31.7 Å². The number of hydrazone groups is 1. The van der Waals surface area contributed by atoms with Crippen molar-refractivity contribution in [3.8, 4) is 5.75 Å². The van der Waals surface area contributed by atoms with E-state index < -0.39 is 5.92 Å². The number of amides is 2. The quantitative estimate of drug-likeness (QED) is 0.660. The van der Waals surface area contributed by atoms with Gasteiger partial charge < -0.3 is 9.64 Å². The topological polar surface area (TPSA) is 71.0 Å². The first-order chi connectivity index (χ1) is 12.1. The number of benzene rings is 1. The number of methoxy groups -OCH3 is 1. The lowest BCUT2D eigenvalue weighted by Crippen LogP contribution is -2.30. The summed E-state index contributed by atoms with van der Waals surface area (Å²) in [6, 6.07) is 9.22. The monoisotopic (exact) mass is 357 g/mol. The summed E-state index contributed by atoms with van der Waals surface area (Å²) in [5, 5.41) is 5.98. The van der Waals surface area contributed by atoms with E-state index in [-0.39, 0.29) is 18.2 Å². The number of rotatable bonds is 5. The molecule has 2 aromatic rings. The molecule has 1 aromatic carbocycles. The molecular formula is C18H19N3O3S. The van der Waals surface area contributed by atoms with Gasteiger partial charge in [0.1, 0.15) is 5.75 Å². The van der Waals surface area contributed by atoms with Gasteiger partial charge in [0.2, 0.25) is 11.8 Å². The molecule has 0 unspecified atom stereocenters. The van der Waals surface area contributed by atoms with Gasteiger partial charge in [-0.05, 0) is 48.2 Å². The molecule has 0 spiro atoms. The van der Waals surface area contributed by atoms with Crippen LogP contribution in [0.25, 0.3) is 0 Å². The number of nitrogens with zero attached hydrogens (tertiary/aromatic N) is 2. The van der Waals surface area contributed by atoms with Crippen LogP contribution in [0, 0.1) is 12.8 Å². The zero-order chi connectivity index (χ0) is 17.8. The lowest BCUT2D eigenvalue weighted by molar-refractivity contribution is -0.126. The lowest BCUT2D eigenvalue weighted by Gasteiger charge is -2.16. The average Bonchev–Trinajstić information content (AvgIpc) is 3.21. The first kappa shape index (κ1) is 17.2. The highest BCUT2D eigenvalue weighted by Crippen LogP contribution is 2.26. The van der Waals surface area contributed by atoms with Crippen molar-refractivity contribution in [1.29, 1.82) is 0 Å². The third-order valence-electron chi connectivity index (χ3n) is 4.14. The van der Waals surface area contributed by atoms with Crippen molar-refractivity contribution < 1.29 is 14.3 Å². The molecule has 1 saturated heterocycles. The van der Waals surface area contributed by atoms with Gasteiger partial charge in [-0.1, -0.05) is 0 Å². The molecule has 3 rings (SSSR count). The summed E-state index contributed by atoms with van der Waals surface area (Å²) in [7, 11) is 1.59. The zero-order valence-electron chi connectivity index (χ0n) is 14.1. The van der Waals surface area contributed by atoms with Crippen LogP contribution in [0.1, 0.15) is 16.9 Å². The summed E-state index contributed by atoms with van der Waals surface area (Å²) >= 11 is 1.56. The molecule has 2 amide bonds. The molecule has 1 fully saturated rings. The highest BCUT2D eigenvalue weighted by molar-refractivity contribution is 7.11. The Kier molecular flexibility index (Phi) is 5.14. The fourth-order valence-corrected chi connectivity index (χ4v) is 3.44. The Balaban J connectivity index is 1.60. The molecule has 130 valence electrons. The van der Waals surface area contributed by atoms with E-state index in [4.69, 9.17) is 4.74 Å². The van der Waals surface area contributed by atoms with Gasteiger partial charge in [-0.15, -0.1) is 11.3 Å². The molecule has 1 aromatic heterocycles. The van der Waals surface area contributed by atoms with Gasteiger partial charge in [-0.2, -0.15) is 5.10 Å². The maximum Gasteiger partial charge on any atom is 0.245 e. The van der Waals surface area contributed by atoms with E-state index in [1.807, 2.05) is 30.5 Å². The van der Waals surface area contributed by atoms with Crippen molar-refractivity contribution >= 4 is 35.1 Å². The second-order valence-electron chi connectivity index (χ2n) is 5.81. The molecule has 7 heteroatoms. The van der Waals surface area contributed by atoms with Gasteiger partial charge in [0.25, 0.3) is 0 Å². The third-order valence-corrected chi connectivity index (χ3v) is 5.09. The van der Waals surface area contributed by atoms with E-state index >= 15 is 0 Å². The normalized spacial score (nSPS) is 17.3. The zero-order valence-corrected chi connectivity index (χ0v) is 14.9. The number of carbonyl (C=O) groups is 2. The molecule has 2 heterocycles. The number of carbonyl (C=O) groups excluding carboxylic acids is 2. The molecule has 0 bridgehead atoms. The van der Waals surface area contributed by atoms with Crippen LogP contribution in [0.4, 0.5) is 5.69 Å². The summed E-state index contributed by atoms with van der Waals surface area (Å²) in [4.78, 5) is 27.1. The number of hydrogen-bond donors (Lipinski definition) is 1. The maximum atomic E-state index is 12.3. The summed E-state index contributed by atoms with van der Waals surface area (Å²) in [5.74, 6) is 0.0114. The molecular weight excluding hydrogens is 338 g/mol. The largest absolute Gasteiger partial charge is 0.497 e. The van der Waals surface area contributed by atoms with E-state index in [1.54, 1.807) is 41.7 Å². The standard InChI is InChI=1S/C18H19N3O3S/c1-12-7-8-25-16(12)10-19-20-18(23)13-9-17(22)21(11-13)14-3-5-15(24-2)6-4-14/h3-8,10,13H,9,11H2,1-2H3,(H,20,23)/b19-10+/t13-/m1/s1. The number of ether oxygens (including phenoxy) is 1. The Bertz CT molecular complexity index is 798. The molecule has 0 saturated carbocycles. The minimum Gasteiger partial charge on any atom is -0.497 e. The van der Waals surface area contributed by atoms with Crippen molar-refractivity contribution in [1.82, 2.24) is 5.43 Å². The molecule has 0 aliphatic carbocycles. The predicted molar refractivity (Wildman–Crippen MR) is 98.2 cm³/mol. The molecule has 0 radical (unpaired) electrons.